The molecule has 2 aromatic rings. The van der Waals surface area contributed by atoms with Gasteiger partial charge in [0.05, 0.1) is 0 Å². The second-order valence-electron chi connectivity index (χ2n) is 5.24. The Morgan fingerprint density at radius 1 is 1.24 bits per heavy atom. The van der Waals surface area contributed by atoms with E-state index in [9.17, 15) is 0 Å². The van der Waals surface area contributed by atoms with Gasteiger partial charge in [-0.3, -0.25) is 4.98 Å². The van der Waals surface area contributed by atoms with Crippen LogP contribution in [0.25, 0.3) is 0 Å². The summed E-state index contributed by atoms with van der Waals surface area (Å²) >= 11 is 3.58. The van der Waals surface area contributed by atoms with Gasteiger partial charge in [0.15, 0.2) is 0 Å². The predicted octanol–water partition coefficient (Wildman–Crippen LogP) is 3.80. The molecule has 0 aliphatic heterocycles. The Morgan fingerprint density at radius 2 is 1.95 bits per heavy atom. The zero-order valence-electron chi connectivity index (χ0n) is 12.8. The molecule has 4 heteroatoms. The molecule has 112 valence electrons. The Labute approximate surface area is 135 Å². The Kier molecular flexibility index (Phi) is 5.76. The fraction of sp³-hybridized carbons (Fsp3) is 0.353. The molecule has 1 atom stereocenters. The normalized spacial score (nSPS) is 12.2. The maximum atomic E-state index is 4.06. The summed E-state index contributed by atoms with van der Waals surface area (Å²) in [6, 6.07) is 11.0. The summed E-state index contributed by atoms with van der Waals surface area (Å²) in [4.78, 5) is 6.38. The number of hydrogen-bond donors (Lipinski definition) is 1. The van der Waals surface area contributed by atoms with Crippen molar-refractivity contribution >= 4 is 21.6 Å². The summed E-state index contributed by atoms with van der Waals surface area (Å²) in [5.41, 5.74) is 3.90. The summed E-state index contributed by atoms with van der Waals surface area (Å²) in [7, 11) is 4.14. The molecule has 1 N–H and O–H groups in total. The van der Waals surface area contributed by atoms with E-state index in [0.717, 1.165) is 17.4 Å². The van der Waals surface area contributed by atoms with E-state index in [0.29, 0.717) is 6.04 Å². The summed E-state index contributed by atoms with van der Waals surface area (Å²) < 4.78 is 1.11. The van der Waals surface area contributed by atoms with Crippen LogP contribution in [0.4, 0.5) is 5.69 Å². The molecule has 0 saturated carbocycles. The highest BCUT2D eigenvalue weighted by atomic mass is 79.9. The highest BCUT2D eigenvalue weighted by molar-refractivity contribution is 9.10. The number of anilines is 1. The number of halogens is 1. The SMILES string of the molecule is CNC(C)c1ccc(Br)cc1N(C)CCc1ccncc1. The Morgan fingerprint density at radius 3 is 2.62 bits per heavy atom. The molecule has 0 radical (unpaired) electrons. The second-order valence-corrected chi connectivity index (χ2v) is 6.16. The van der Waals surface area contributed by atoms with Crippen LogP contribution in [0.3, 0.4) is 0 Å². The molecular weight excluding hydrogens is 326 g/mol. The minimum atomic E-state index is 0.330. The maximum Gasteiger partial charge on any atom is 0.0423 e. The molecule has 21 heavy (non-hydrogen) atoms. The van der Waals surface area contributed by atoms with Crippen molar-refractivity contribution in [2.45, 2.75) is 19.4 Å². The average molecular weight is 348 g/mol. The van der Waals surface area contributed by atoms with Crippen molar-refractivity contribution < 1.29 is 0 Å². The van der Waals surface area contributed by atoms with Crippen LogP contribution in [0.2, 0.25) is 0 Å². The zero-order chi connectivity index (χ0) is 15.2. The van der Waals surface area contributed by atoms with E-state index in [1.165, 1.54) is 16.8 Å². The lowest BCUT2D eigenvalue weighted by molar-refractivity contribution is 0.649. The van der Waals surface area contributed by atoms with Crippen LogP contribution in [-0.2, 0) is 6.42 Å². The van der Waals surface area contributed by atoms with Crippen molar-refractivity contribution in [3.8, 4) is 0 Å². The molecule has 0 amide bonds. The van der Waals surface area contributed by atoms with E-state index in [4.69, 9.17) is 0 Å². The topological polar surface area (TPSA) is 28.2 Å². The van der Waals surface area contributed by atoms with Gasteiger partial charge >= 0.3 is 0 Å². The Balaban J connectivity index is 2.14. The van der Waals surface area contributed by atoms with Crippen LogP contribution >= 0.6 is 15.9 Å². The van der Waals surface area contributed by atoms with Crippen molar-refractivity contribution in [1.82, 2.24) is 10.3 Å². The molecular formula is C17H22BrN3. The maximum absolute atomic E-state index is 4.06. The third-order valence-electron chi connectivity index (χ3n) is 3.79. The first-order valence-corrected chi connectivity index (χ1v) is 7.98. The van der Waals surface area contributed by atoms with Gasteiger partial charge in [-0.05, 0) is 55.8 Å². The van der Waals surface area contributed by atoms with Crippen LogP contribution < -0.4 is 10.2 Å². The molecule has 0 aliphatic carbocycles. The molecule has 1 unspecified atom stereocenters. The Bertz CT molecular complexity index is 572. The van der Waals surface area contributed by atoms with Gasteiger partial charge < -0.3 is 10.2 Å². The van der Waals surface area contributed by atoms with Gasteiger partial charge in [0, 0.05) is 42.2 Å². The summed E-state index contributed by atoms with van der Waals surface area (Å²) in [6.45, 7) is 3.16. The average Bonchev–Trinajstić information content (AvgIpc) is 2.52. The highest BCUT2D eigenvalue weighted by Gasteiger charge is 2.12. The minimum absolute atomic E-state index is 0.330. The van der Waals surface area contributed by atoms with Gasteiger partial charge in [0.25, 0.3) is 0 Å². The first kappa shape index (κ1) is 16.0. The van der Waals surface area contributed by atoms with Gasteiger partial charge in [-0.15, -0.1) is 0 Å². The number of nitrogens with zero attached hydrogens (tertiary/aromatic N) is 2. The standard InChI is InChI=1S/C17H22BrN3/c1-13(19-2)16-5-4-15(18)12-17(16)21(3)11-8-14-6-9-20-10-7-14/h4-7,9-10,12-13,19H,8,11H2,1-3H3. The van der Waals surface area contributed by atoms with Crippen LogP contribution in [0, 0.1) is 0 Å². The molecule has 1 aromatic heterocycles. The fourth-order valence-corrected chi connectivity index (χ4v) is 2.68. The van der Waals surface area contributed by atoms with E-state index in [-0.39, 0.29) is 0 Å². The Hall–Kier alpha value is -1.39. The number of hydrogen-bond acceptors (Lipinski definition) is 3. The number of benzene rings is 1. The summed E-state index contributed by atoms with van der Waals surface area (Å²) in [5, 5.41) is 3.32. The molecule has 1 aromatic carbocycles. The lowest BCUT2D eigenvalue weighted by atomic mass is 10.0. The molecule has 2 rings (SSSR count). The second kappa shape index (κ2) is 7.57. The van der Waals surface area contributed by atoms with E-state index in [2.05, 4.69) is 75.4 Å². The number of likely N-dealkylation sites (N-methyl/N-ethyl adjacent to an activating group) is 1. The van der Waals surface area contributed by atoms with Gasteiger partial charge in [-0.1, -0.05) is 22.0 Å². The lowest BCUT2D eigenvalue weighted by Crippen LogP contribution is -2.24. The van der Waals surface area contributed by atoms with Gasteiger partial charge in [-0.25, -0.2) is 0 Å². The summed E-state index contributed by atoms with van der Waals surface area (Å²) in [5.74, 6) is 0. The quantitative estimate of drug-likeness (QED) is 0.861. The van der Waals surface area contributed by atoms with Crippen molar-refractivity contribution in [3.05, 3.63) is 58.3 Å². The molecule has 0 saturated heterocycles. The monoisotopic (exact) mass is 347 g/mol. The molecule has 1 heterocycles. The number of nitrogens with one attached hydrogen (secondary N) is 1. The molecule has 0 spiro atoms. The molecule has 0 fully saturated rings. The van der Waals surface area contributed by atoms with E-state index in [1.54, 1.807) is 0 Å². The largest absolute Gasteiger partial charge is 0.374 e. The van der Waals surface area contributed by atoms with Crippen molar-refractivity contribution in [3.63, 3.8) is 0 Å². The molecule has 0 bridgehead atoms. The molecule has 0 aliphatic rings. The van der Waals surface area contributed by atoms with Crippen molar-refractivity contribution in [1.29, 1.82) is 0 Å². The van der Waals surface area contributed by atoms with E-state index < -0.39 is 0 Å². The number of aromatic nitrogens is 1. The van der Waals surface area contributed by atoms with Crippen molar-refractivity contribution in [2.24, 2.45) is 0 Å². The van der Waals surface area contributed by atoms with Crippen molar-refractivity contribution in [2.75, 3.05) is 25.5 Å². The smallest absolute Gasteiger partial charge is 0.0423 e. The minimum Gasteiger partial charge on any atom is -0.374 e. The molecule has 3 nitrogen and oxygen atoms in total. The van der Waals surface area contributed by atoms with Crippen LogP contribution in [0.5, 0.6) is 0 Å². The van der Waals surface area contributed by atoms with Crippen LogP contribution in [0.1, 0.15) is 24.1 Å². The van der Waals surface area contributed by atoms with Gasteiger partial charge in [0.2, 0.25) is 0 Å². The number of rotatable bonds is 6. The predicted molar refractivity (Wildman–Crippen MR) is 92.8 cm³/mol. The fourth-order valence-electron chi connectivity index (χ4n) is 2.34. The zero-order valence-corrected chi connectivity index (χ0v) is 14.4. The summed E-state index contributed by atoms with van der Waals surface area (Å²) in [6.07, 6.45) is 4.71. The van der Waals surface area contributed by atoms with E-state index >= 15 is 0 Å². The first-order chi connectivity index (χ1) is 10.1. The third-order valence-corrected chi connectivity index (χ3v) is 4.28. The van der Waals surface area contributed by atoms with Gasteiger partial charge in [-0.2, -0.15) is 0 Å². The van der Waals surface area contributed by atoms with Crippen LogP contribution in [-0.4, -0.2) is 25.6 Å². The van der Waals surface area contributed by atoms with Gasteiger partial charge in [0.1, 0.15) is 0 Å². The first-order valence-electron chi connectivity index (χ1n) is 7.18. The highest BCUT2D eigenvalue weighted by Crippen LogP contribution is 2.29. The van der Waals surface area contributed by atoms with E-state index in [1.807, 2.05) is 19.4 Å². The van der Waals surface area contributed by atoms with Crippen LogP contribution in [0.15, 0.2) is 47.2 Å². The number of pyridine rings is 1. The third kappa shape index (κ3) is 4.29. The lowest BCUT2D eigenvalue weighted by Gasteiger charge is -2.25.